The van der Waals surface area contributed by atoms with E-state index in [2.05, 4.69) is 87.0 Å². The summed E-state index contributed by atoms with van der Waals surface area (Å²) in [6.45, 7) is 22.4. The fourth-order valence-electron chi connectivity index (χ4n) is 6.96. The van der Waals surface area contributed by atoms with Gasteiger partial charge in [-0.05, 0) is 63.8 Å². The minimum Gasteiger partial charge on any atom is -0.502 e. The van der Waals surface area contributed by atoms with E-state index in [-0.39, 0.29) is 24.1 Å². The second-order valence-electron chi connectivity index (χ2n) is 14.0. The molecule has 1 heterocycles. The SMILES string of the molecule is CCOP(=O)(c1cc(C(F)(F)F)cc(C(F)(F)F)c1)c1ccc([OH+]C(C)C)c([CH]=[Ru]([Cl])[Cl])c1.Cc1cc(C)c(N2[CH-]N(c3c(C)cc(C)cc3C)CC2)c(C)c1. The quantitative estimate of drug-likeness (QED) is 0.0552. The van der Waals surface area contributed by atoms with Gasteiger partial charge in [-0.15, -0.1) is 0 Å². The van der Waals surface area contributed by atoms with Gasteiger partial charge in [0.2, 0.25) is 0 Å². The van der Waals surface area contributed by atoms with E-state index in [9.17, 15) is 30.9 Å². The fourth-order valence-corrected chi connectivity index (χ4v) is 10.9. The molecule has 5 rings (SSSR count). The van der Waals surface area contributed by atoms with Crippen LogP contribution in [-0.4, -0.2) is 35.1 Å². The maximum Gasteiger partial charge on any atom is 0.0146 e. The minimum atomic E-state index is -5.09. The third-order valence-corrected chi connectivity index (χ3v) is 13.2. The summed E-state index contributed by atoms with van der Waals surface area (Å²) in [5, 5.41) is -0.827. The average molecular weight is 933 g/mol. The standard InChI is InChI=1S/C21H27N2.C20H19F6O3P.2ClH.Ru/c1-14-9-16(3)20(17(4)10-14)22-7-8-23(13-22)21-18(5)11-15(2)12-19(21)6;1-5-28-30(27,16-6-7-18(13(4)8-16)29-12(2)3)17-10-14(19(21,22)23)9-15(11-17)20(24,25)26;;;/h9-13H,7-8H2,1-6H3;4,6-12H,5H2,1-3H3;2*1H;/q-1;;;;+2/p-1. The molecule has 15 heteroatoms. The molecule has 1 unspecified atom stereocenters. The van der Waals surface area contributed by atoms with Crippen molar-refractivity contribution < 1.29 is 53.7 Å². The van der Waals surface area contributed by atoms with E-state index < -0.39 is 49.7 Å². The van der Waals surface area contributed by atoms with Gasteiger partial charge in [-0.3, -0.25) is 0 Å². The molecular formula is C41H47Cl2F6N2O3PRu. The molecule has 4 aromatic carbocycles. The molecule has 1 saturated heterocycles. The van der Waals surface area contributed by atoms with E-state index in [1.54, 1.807) is 13.8 Å². The van der Waals surface area contributed by atoms with Crippen LogP contribution in [0.25, 0.3) is 0 Å². The molecule has 1 atom stereocenters. The minimum absolute atomic E-state index is 0.0268. The van der Waals surface area contributed by atoms with E-state index in [1.165, 1.54) is 74.5 Å². The summed E-state index contributed by atoms with van der Waals surface area (Å²) >= 11 is -2.41. The zero-order chi connectivity index (χ0) is 41.9. The molecule has 1 aliphatic heterocycles. The molecule has 1 N–H and O–H groups in total. The van der Waals surface area contributed by atoms with Crippen LogP contribution in [0.5, 0.6) is 5.75 Å². The van der Waals surface area contributed by atoms with Gasteiger partial charge in [0.1, 0.15) is 0 Å². The zero-order valence-electron chi connectivity index (χ0n) is 32.6. The molecule has 0 spiro atoms. The number of anilines is 2. The van der Waals surface area contributed by atoms with Crippen molar-refractivity contribution in [2.45, 2.75) is 80.8 Å². The summed E-state index contributed by atoms with van der Waals surface area (Å²) in [6, 6.07) is 14.0. The van der Waals surface area contributed by atoms with Gasteiger partial charge < -0.3 is 9.80 Å². The molecule has 308 valence electrons. The number of aryl methyl sites for hydroxylation is 6. The molecule has 5 nitrogen and oxygen atoms in total. The Kier molecular flexibility index (Phi) is 15.0. The monoisotopic (exact) mass is 932 g/mol. The Morgan fingerprint density at radius 1 is 0.768 bits per heavy atom. The van der Waals surface area contributed by atoms with E-state index in [0.717, 1.165) is 13.1 Å². The first-order valence-electron chi connectivity index (χ1n) is 17.7. The molecule has 0 radical (unpaired) electrons. The number of hydrogen-bond acceptors (Lipinski definition) is 4. The van der Waals surface area contributed by atoms with Crippen LogP contribution in [0.1, 0.15) is 70.8 Å². The van der Waals surface area contributed by atoms with Crippen LogP contribution in [0.15, 0.2) is 60.7 Å². The second-order valence-corrected chi connectivity index (χ2v) is 22.1. The van der Waals surface area contributed by atoms with Gasteiger partial charge in [-0.2, -0.15) is 6.67 Å². The Morgan fingerprint density at radius 3 is 1.59 bits per heavy atom. The Bertz CT molecular complexity index is 2000. The largest absolute Gasteiger partial charge is 0.502 e. The van der Waals surface area contributed by atoms with Crippen LogP contribution in [0.2, 0.25) is 0 Å². The normalized spacial score (nSPS) is 14.7. The third kappa shape index (κ3) is 11.2. The molecule has 4 aromatic rings. The van der Waals surface area contributed by atoms with Crippen LogP contribution in [0.3, 0.4) is 0 Å². The van der Waals surface area contributed by atoms with E-state index in [0.29, 0.717) is 23.4 Å². The smallest absolute Gasteiger partial charge is 0.0146 e. The van der Waals surface area contributed by atoms with Gasteiger partial charge in [0.25, 0.3) is 0 Å². The van der Waals surface area contributed by atoms with Crippen molar-refractivity contribution in [2.75, 3.05) is 29.5 Å². The fraction of sp³-hybridized carbons (Fsp3) is 0.366. The number of hydrogen-bond donors (Lipinski definition) is 0. The molecule has 0 aliphatic carbocycles. The third-order valence-electron chi connectivity index (χ3n) is 8.86. The van der Waals surface area contributed by atoms with Crippen molar-refractivity contribution in [1.29, 1.82) is 0 Å². The van der Waals surface area contributed by atoms with Crippen LogP contribution in [-0.2, 0) is 35.0 Å². The van der Waals surface area contributed by atoms with Gasteiger partial charge in [0.05, 0.1) is 0 Å². The first kappa shape index (κ1) is 45.8. The molecule has 0 amide bonds. The second kappa shape index (κ2) is 18.4. The number of ether oxygens (including phenoxy) is 1. The van der Waals surface area contributed by atoms with Gasteiger partial charge >= 0.3 is 200 Å². The summed E-state index contributed by atoms with van der Waals surface area (Å²) < 4.78 is 105. The van der Waals surface area contributed by atoms with Gasteiger partial charge in [0, 0.05) is 24.5 Å². The van der Waals surface area contributed by atoms with Crippen molar-refractivity contribution in [1.82, 2.24) is 0 Å². The molecule has 0 bridgehead atoms. The Labute approximate surface area is 338 Å². The van der Waals surface area contributed by atoms with Crippen LogP contribution >= 0.6 is 26.8 Å². The predicted octanol–water partition coefficient (Wildman–Crippen LogP) is 11.7. The van der Waals surface area contributed by atoms with Gasteiger partial charge in [-0.25, -0.2) is 0 Å². The van der Waals surface area contributed by atoms with Crippen LogP contribution in [0, 0.1) is 48.2 Å². The molecule has 56 heavy (non-hydrogen) atoms. The number of halogens is 8. The van der Waals surface area contributed by atoms with Crippen molar-refractivity contribution in [3.63, 3.8) is 0 Å². The summed E-state index contributed by atoms with van der Waals surface area (Å²) in [4.78, 5) is 4.81. The topological polar surface area (TPSA) is 45.6 Å². The first-order valence-corrected chi connectivity index (χ1v) is 24.8. The number of nitrogens with zero attached hydrogens (tertiary/aromatic N) is 2. The van der Waals surface area contributed by atoms with Crippen molar-refractivity contribution in [2.24, 2.45) is 0 Å². The number of aliphatic hydroxyl groups is 1. The summed E-state index contributed by atoms with van der Waals surface area (Å²) in [5.74, 6) is 0.442. The van der Waals surface area contributed by atoms with Crippen LogP contribution < -0.4 is 20.4 Å². The predicted molar refractivity (Wildman–Crippen MR) is 215 cm³/mol. The molecule has 0 saturated carbocycles. The number of rotatable bonds is 9. The van der Waals surface area contributed by atoms with Crippen molar-refractivity contribution in [3.8, 4) is 5.75 Å². The summed E-state index contributed by atoms with van der Waals surface area (Å²) in [7, 11) is 7.56. The average Bonchev–Trinajstić information content (AvgIpc) is 3.52. The Balaban J connectivity index is 0.000000264. The molecule has 1 fully saturated rings. The van der Waals surface area contributed by atoms with Crippen molar-refractivity contribution >= 4 is 53.3 Å². The molecule has 1 aliphatic rings. The van der Waals surface area contributed by atoms with E-state index in [1.807, 2.05) is 0 Å². The van der Waals surface area contributed by atoms with Crippen LogP contribution in [0.4, 0.5) is 37.7 Å². The van der Waals surface area contributed by atoms with E-state index in [4.69, 9.17) is 23.9 Å². The van der Waals surface area contributed by atoms with E-state index >= 15 is 0 Å². The summed E-state index contributed by atoms with van der Waals surface area (Å²) in [5.41, 5.74) is 8.04. The molecule has 0 aromatic heterocycles. The number of benzene rings is 4. The number of aromatic hydroxyl groups is 1. The van der Waals surface area contributed by atoms with Gasteiger partial charge in [-0.1, -0.05) is 35.4 Å². The summed E-state index contributed by atoms with van der Waals surface area (Å²) in [6.07, 6.45) is -10.3. The Hall–Kier alpha value is -2.88. The maximum absolute atomic E-state index is 13.9. The first-order chi connectivity index (χ1) is 25.9. The van der Waals surface area contributed by atoms with Gasteiger partial charge in [0.15, 0.2) is 0 Å². The van der Waals surface area contributed by atoms with Crippen molar-refractivity contribution in [3.05, 3.63) is 117 Å². The maximum atomic E-state index is 13.9. The molecular weight excluding hydrogens is 885 g/mol. The Morgan fingerprint density at radius 2 is 1.21 bits per heavy atom. The number of alkyl halides is 6. The zero-order valence-corrected chi connectivity index (χ0v) is 36.8.